The topological polar surface area (TPSA) is 104 Å². The molecule has 39 heavy (non-hydrogen) atoms. The molecule has 1 aromatic rings. The number of amidine groups is 2. The molecule has 3 aliphatic heterocycles. The second-order valence-corrected chi connectivity index (χ2v) is 12.3. The van der Waals surface area contributed by atoms with Gasteiger partial charge in [0.1, 0.15) is 0 Å². The molecular formula is C27H34F3N5O3S. The molecular weight excluding hydrogens is 531 g/mol. The quantitative estimate of drug-likeness (QED) is 0.463. The van der Waals surface area contributed by atoms with Gasteiger partial charge in [-0.15, -0.1) is 0 Å². The molecule has 4 aliphatic rings. The van der Waals surface area contributed by atoms with Crippen LogP contribution in [0.15, 0.2) is 52.5 Å². The van der Waals surface area contributed by atoms with Crippen LogP contribution in [0.25, 0.3) is 0 Å². The van der Waals surface area contributed by atoms with E-state index in [1.165, 1.54) is 12.1 Å². The van der Waals surface area contributed by atoms with Gasteiger partial charge in [-0.05, 0) is 49.8 Å². The molecule has 0 radical (unpaired) electrons. The maximum atomic E-state index is 13.6. The monoisotopic (exact) mass is 565 g/mol. The first-order chi connectivity index (χ1) is 18.5. The normalized spacial score (nSPS) is 31.5. The number of nitrogens with zero attached hydrogens (tertiary/aromatic N) is 2. The van der Waals surface area contributed by atoms with Gasteiger partial charge in [0.15, 0.2) is 11.7 Å². The first-order valence-corrected chi connectivity index (χ1v) is 14.8. The summed E-state index contributed by atoms with van der Waals surface area (Å²) >= 11 is 0. The first-order valence-electron chi connectivity index (χ1n) is 13.4. The number of anilines is 1. The SMILES string of the molecule is CC(C)CCN=C1NS(=O)(=O)NC1=NC[C@H]1CC[C@@H]2[C@H](O1)c1cc(C(F)(F)F)ccc1N[C@H]2C1C=CC=CC1. The second kappa shape index (κ2) is 11.0. The number of hydrogen-bond donors (Lipinski definition) is 3. The Bertz CT molecular complexity index is 1310. The molecule has 8 nitrogen and oxygen atoms in total. The summed E-state index contributed by atoms with van der Waals surface area (Å²) in [6.45, 7) is 4.73. The summed E-state index contributed by atoms with van der Waals surface area (Å²) in [6.07, 6.45) is 5.89. The fourth-order valence-electron chi connectivity index (χ4n) is 5.61. The van der Waals surface area contributed by atoms with Crippen LogP contribution in [0.2, 0.25) is 0 Å². The van der Waals surface area contributed by atoms with Gasteiger partial charge in [-0.3, -0.25) is 9.98 Å². The van der Waals surface area contributed by atoms with E-state index in [4.69, 9.17) is 4.74 Å². The summed E-state index contributed by atoms with van der Waals surface area (Å²) in [7, 11) is -3.77. The van der Waals surface area contributed by atoms with Gasteiger partial charge in [0, 0.05) is 35.7 Å². The highest BCUT2D eigenvalue weighted by Gasteiger charge is 2.45. The minimum absolute atomic E-state index is 0.0123. The lowest BCUT2D eigenvalue weighted by Gasteiger charge is -2.47. The van der Waals surface area contributed by atoms with Crippen molar-refractivity contribution >= 4 is 27.6 Å². The summed E-state index contributed by atoms with van der Waals surface area (Å²) < 4.78 is 76.2. The number of hydrogen-bond acceptors (Lipinski definition) is 6. The van der Waals surface area contributed by atoms with Crippen molar-refractivity contribution < 1.29 is 26.3 Å². The maximum absolute atomic E-state index is 13.6. The Kier molecular flexibility index (Phi) is 7.78. The average molecular weight is 566 g/mol. The van der Waals surface area contributed by atoms with Gasteiger partial charge < -0.3 is 10.1 Å². The lowest BCUT2D eigenvalue weighted by Crippen LogP contribution is -2.47. The molecule has 0 spiro atoms. The van der Waals surface area contributed by atoms with Crippen molar-refractivity contribution in [2.24, 2.45) is 27.7 Å². The molecule has 12 heteroatoms. The Morgan fingerprint density at radius 3 is 2.56 bits per heavy atom. The zero-order valence-corrected chi connectivity index (χ0v) is 22.7. The summed E-state index contributed by atoms with van der Waals surface area (Å²) in [5.74, 6) is 0.891. The van der Waals surface area contributed by atoms with E-state index in [0.29, 0.717) is 30.1 Å². The highest BCUT2D eigenvalue weighted by molar-refractivity contribution is 7.89. The third-order valence-corrected chi connectivity index (χ3v) is 8.53. The zero-order valence-electron chi connectivity index (χ0n) is 21.9. The smallest absolute Gasteiger partial charge is 0.381 e. The van der Waals surface area contributed by atoms with Crippen LogP contribution in [0.5, 0.6) is 0 Å². The van der Waals surface area contributed by atoms with Gasteiger partial charge in [0.2, 0.25) is 0 Å². The number of halogens is 3. The first kappa shape index (κ1) is 27.7. The molecule has 5 atom stereocenters. The van der Waals surface area contributed by atoms with Crippen LogP contribution < -0.4 is 14.8 Å². The van der Waals surface area contributed by atoms with E-state index in [-0.39, 0.29) is 42.2 Å². The van der Waals surface area contributed by atoms with E-state index >= 15 is 0 Å². The third-order valence-electron chi connectivity index (χ3n) is 7.61. The molecule has 212 valence electrons. The zero-order chi connectivity index (χ0) is 27.8. The highest BCUT2D eigenvalue weighted by Crippen LogP contribution is 2.49. The van der Waals surface area contributed by atoms with E-state index in [9.17, 15) is 21.6 Å². The lowest BCUT2D eigenvalue weighted by atomic mass is 9.73. The van der Waals surface area contributed by atoms with E-state index in [2.05, 4.69) is 50.7 Å². The van der Waals surface area contributed by atoms with E-state index in [1.807, 2.05) is 12.2 Å². The molecule has 0 amide bonds. The third kappa shape index (κ3) is 6.32. The van der Waals surface area contributed by atoms with Gasteiger partial charge >= 0.3 is 16.4 Å². The molecule has 1 aliphatic carbocycles. The predicted octanol–water partition coefficient (Wildman–Crippen LogP) is 4.75. The van der Waals surface area contributed by atoms with Gasteiger partial charge in [0.25, 0.3) is 0 Å². The van der Waals surface area contributed by atoms with Crippen molar-refractivity contribution in [3.05, 3.63) is 53.6 Å². The Hall–Kier alpha value is -2.86. The minimum Gasteiger partial charge on any atom is -0.381 e. The average Bonchev–Trinajstić information content (AvgIpc) is 3.19. The Morgan fingerprint density at radius 2 is 1.87 bits per heavy atom. The molecule has 5 rings (SSSR count). The molecule has 0 bridgehead atoms. The Morgan fingerprint density at radius 1 is 1.10 bits per heavy atom. The predicted molar refractivity (Wildman–Crippen MR) is 145 cm³/mol. The van der Waals surface area contributed by atoms with Crippen molar-refractivity contribution in [3.63, 3.8) is 0 Å². The van der Waals surface area contributed by atoms with Crippen molar-refractivity contribution in [1.82, 2.24) is 9.44 Å². The summed E-state index contributed by atoms with van der Waals surface area (Å²) in [5.41, 5.74) is 0.440. The van der Waals surface area contributed by atoms with Crippen LogP contribution in [-0.2, 0) is 21.1 Å². The molecule has 2 saturated heterocycles. The Labute approximate surface area is 227 Å². The number of allylic oxidation sites excluding steroid dienone is 3. The highest BCUT2D eigenvalue weighted by atomic mass is 32.2. The van der Waals surface area contributed by atoms with Crippen LogP contribution in [-0.4, -0.2) is 45.3 Å². The lowest BCUT2D eigenvalue weighted by molar-refractivity contribution is -0.138. The van der Waals surface area contributed by atoms with E-state index in [1.54, 1.807) is 0 Å². The number of ether oxygens (including phenoxy) is 1. The fourth-order valence-corrected chi connectivity index (χ4v) is 6.50. The van der Waals surface area contributed by atoms with Gasteiger partial charge in [-0.2, -0.15) is 21.6 Å². The number of alkyl halides is 3. The minimum atomic E-state index is -4.46. The maximum Gasteiger partial charge on any atom is 0.416 e. The molecule has 1 unspecified atom stereocenters. The molecule has 0 aromatic heterocycles. The fraction of sp³-hybridized carbons (Fsp3) is 0.556. The van der Waals surface area contributed by atoms with E-state index in [0.717, 1.165) is 25.3 Å². The van der Waals surface area contributed by atoms with Gasteiger partial charge in [-0.25, -0.2) is 9.44 Å². The molecule has 1 aromatic carbocycles. The van der Waals surface area contributed by atoms with Crippen molar-refractivity contribution in [3.8, 4) is 0 Å². The van der Waals surface area contributed by atoms with Crippen LogP contribution >= 0.6 is 0 Å². The van der Waals surface area contributed by atoms with E-state index < -0.39 is 28.1 Å². The summed E-state index contributed by atoms with van der Waals surface area (Å²) in [5, 5.41) is 3.52. The molecule has 0 saturated carbocycles. The second-order valence-electron chi connectivity index (χ2n) is 10.9. The van der Waals surface area contributed by atoms with Gasteiger partial charge in [0.05, 0.1) is 24.3 Å². The molecule has 2 fully saturated rings. The van der Waals surface area contributed by atoms with Crippen molar-refractivity contribution in [1.29, 1.82) is 0 Å². The number of nitrogens with one attached hydrogen (secondary N) is 3. The summed E-state index contributed by atoms with van der Waals surface area (Å²) in [4.78, 5) is 8.83. The van der Waals surface area contributed by atoms with Crippen LogP contribution in [0.1, 0.15) is 56.8 Å². The van der Waals surface area contributed by atoms with Crippen molar-refractivity contribution in [2.45, 2.75) is 64.0 Å². The van der Waals surface area contributed by atoms with Gasteiger partial charge in [-0.1, -0.05) is 38.2 Å². The molecule has 3 heterocycles. The van der Waals surface area contributed by atoms with Crippen LogP contribution in [0.4, 0.5) is 18.9 Å². The molecule has 3 N–H and O–H groups in total. The number of aliphatic imine (C=N–C) groups is 2. The summed E-state index contributed by atoms with van der Waals surface area (Å²) in [6, 6.07) is 3.80. The standard InChI is InChI=1S/C27H34F3N5O3S/c1-16(2)12-13-31-25-26(35-39(36,37)34-25)32-15-19-9-10-20-23(17-6-4-3-5-7-17)33-22-11-8-18(27(28,29)30)14-21(22)24(20)38-19/h3-6,8,11,14,16-17,19-20,23-24,33H,7,9-10,12-13,15H2,1-2H3,(H,31,34)(H,32,35)/t17?,19-,20+,23+,24+/m1/s1. The van der Waals surface area contributed by atoms with Crippen molar-refractivity contribution in [2.75, 3.05) is 18.4 Å². The largest absolute Gasteiger partial charge is 0.416 e. The van der Waals surface area contributed by atoms with Crippen LogP contribution in [0.3, 0.4) is 0 Å². The number of benzene rings is 1. The Balaban J connectivity index is 1.38. The number of fused-ring (bicyclic) bond motifs is 3. The number of rotatable bonds is 6. The van der Waals surface area contributed by atoms with Crippen LogP contribution in [0, 0.1) is 17.8 Å².